The fourth-order valence-electron chi connectivity index (χ4n) is 2.38. The summed E-state index contributed by atoms with van der Waals surface area (Å²) in [6.45, 7) is 3.18. The SMILES string of the molecule is CCC1CCCCN1c1ccc([N+](=O)[O-])cn1. The second-order valence-electron chi connectivity index (χ2n) is 4.38. The van der Waals surface area contributed by atoms with Crippen molar-refractivity contribution in [3.05, 3.63) is 28.4 Å². The lowest BCUT2D eigenvalue weighted by Gasteiger charge is -2.36. The molecule has 5 nitrogen and oxygen atoms in total. The molecule has 17 heavy (non-hydrogen) atoms. The van der Waals surface area contributed by atoms with E-state index in [4.69, 9.17) is 0 Å². The minimum absolute atomic E-state index is 0.0545. The number of nitrogens with zero attached hydrogens (tertiary/aromatic N) is 3. The van der Waals surface area contributed by atoms with Crippen LogP contribution in [-0.2, 0) is 0 Å². The first-order valence-corrected chi connectivity index (χ1v) is 6.09. The molecule has 0 aliphatic carbocycles. The molecular weight excluding hydrogens is 218 g/mol. The van der Waals surface area contributed by atoms with E-state index in [1.165, 1.54) is 31.5 Å². The van der Waals surface area contributed by atoms with E-state index in [9.17, 15) is 10.1 Å². The molecule has 1 aromatic heterocycles. The molecule has 1 aromatic rings. The molecule has 1 fully saturated rings. The Balaban J connectivity index is 2.17. The molecule has 2 rings (SSSR count). The summed E-state index contributed by atoms with van der Waals surface area (Å²) in [6, 6.07) is 3.81. The third kappa shape index (κ3) is 2.54. The van der Waals surface area contributed by atoms with Gasteiger partial charge in [0.2, 0.25) is 0 Å². The summed E-state index contributed by atoms with van der Waals surface area (Å²) in [6.07, 6.45) is 6.07. The average Bonchev–Trinajstić information content (AvgIpc) is 2.39. The van der Waals surface area contributed by atoms with Crippen molar-refractivity contribution in [2.75, 3.05) is 11.4 Å². The van der Waals surface area contributed by atoms with Gasteiger partial charge in [-0.05, 0) is 31.7 Å². The maximum absolute atomic E-state index is 10.6. The van der Waals surface area contributed by atoms with Gasteiger partial charge in [0.15, 0.2) is 0 Å². The summed E-state index contributed by atoms with van der Waals surface area (Å²) >= 11 is 0. The lowest BCUT2D eigenvalue weighted by atomic mass is 10.00. The van der Waals surface area contributed by atoms with Crippen molar-refractivity contribution >= 4 is 11.5 Å². The number of anilines is 1. The lowest BCUT2D eigenvalue weighted by Crippen LogP contribution is -2.39. The first-order chi connectivity index (χ1) is 8.22. The van der Waals surface area contributed by atoms with Crippen molar-refractivity contribution < 1.29 is 4.92 Å². The van der Waals surface area contributed by atoms with Crippen LogP contribution in [-0.4, -0.2) is 22.5 Å². The highest BCUT2D eigenvalue weighted by atomic mass is 16.6. The van der Waals surface area contributed by atoms with Gasteiger partial charge in [-0.1, -0.05) is 6.92 Å². The molecule has 1 aliphatic rings. The number of piperidine rings is 1. The molecule has 0 amide bonds. The Hall–Kier alpha value is -1.65. The normalized spacial score (nSPS) is 20.3. The maximum atomic E-state index is 10.6. The molecule has 1 atom stereocenters. The zero-order chi connectivity index (χ0) is 12.3. The summed E-state index contributed by atoms with van der Waals surface area (Å²) in [4.78, 5) is 16.6. The summed E-state index contributed by atoms with van der Waals surface area (Å²) in [5.41, 5.74) is 0.0545. The topological polar surface area (TPSA) is 59.3 Å². The van der Waals surface area contributed by atoms with Gasteiger partial charge in [0.25, 0.3) is 5.69 Å². The van der Waals surface area contributed by atoms with Crippen molar-refractivity contribution in [3.8, 4) is 0 Å². The Labute approximate surface area is 101 Å². The summed E-state index contributed by atoms with van der Waals surface area (Å²) < 4.78 is 0. The third-order valence-electron chi connectivity index (χ3n) is 3.34. The van der Waals surface area contributed by atoms with Crippen LogP contribution in [0.3, 0.4) is 0 Å². The van der Waals surface area contributed by atoms with Crippen molar-refractivity contribution in [3.63, 3.8) is 0 Å². The lowest BCUT2D eigenvalue weighted by molar-refractivity contribution is -0.385. The van der Waals surface area contributed by atoms with Crippen LogP contribution < -0.4 is 4.90 Å². The summed E-state index contributed by atoms with van der Waals surface area (Å²) in [7, 11) is 0. The Morgan fingerprint density at radius 3 is 2.94 bits per heavy atom. The van der Waals surface area contributed by atoms with Gasteiger partial charge >= 0.3 is 0 Å². The second kappa shape index (κ2) is 5.12. The third-order valence-corrected chi connectivity index (χ3v) is 3.34. The number of aromatic nitrogens is 1. The van der Waals surface area contributed by atoms with Crippen LogP contribution in [0.2, 0.25) is 0 Å². The van der Waals surface area contributed by atoms with Gasteiger partial charge in [-0.2, -0.15) is 0 Å². The Kier molecular flexibility index (Phi) is 3.56. The minimum Gasteiger partial charge on any atom is -0.354 e. The van der Waals surface area contributed by atoms with E-state index in [0.29, 0.717) is 6.04 Å². The van der Waals surface area contributed by atoms with Crippen LogP contribution in [0.4, 0.5) is 11.5 Å². The first-order valence-electron chi connectivity index (χ1n) is 6.09. The van der Waals surface area contributed by atoms with Crippen molar-refractivity contribution in [1.82, 2.24) is 4.98 Å². The van der Waals surface area contributed by atoms with Crippen LogP contribution in [0.1, 0.15) is 32.6 Å². The molecule has 1 saturated heterocycles. The Morgan fingerprint density at radius 2 is 2.35 bits per heavy atom. The highest BCUT2D eigenvalue weighted by Gasteiger charge is 2.22. The summed E-state index contributed by atoms with van der Waals surface area (Å²) in [5, 5.41) is 10.6. The highest BCUT2D eigenvalue weighted by Crippen LogP contribution is 2.25. The monoisotopic (exact) mass is 235 g/mol. The van der Waals surface area contributed by atoms with Crippen molar-refractivity contribution in [2.24, 2.45) is 0 Å². The number of nitro groups is 1. The number of hydrogen-bond donors (Lipinski definition) is 0. The van der Waals surface area contributed by atoms with E-state index in [1.54, 1.807) is 6.07 Å². The van der Waals surface area contributed by atoms with E-state index in [-0.39, 0.29) is 5.69 Å². The fraction of sp³-hybridized carbons (Fsp3) is 0.583. The highest BCUT2D eigenvalue weighted by molar-refractivity contribution is 5.44. The molecular formula is C12H17N3O2. The molecule has 0 spiro atoms. The van der Waals surface area contributed by atoms with Crippen LogP contribution >= 0.6 is 0 Å². The van der Waals surface area contributed by atoms with Gasteiger partial charge in [-0.25, -0.2) is 4.98 Å². The number of pyridine rings is 1. The number of hydrogen-bond acceptors (Lipinski definition) is 4. The predicted molar refractivity (Wildman–Crippen MR) is 66.2 cm³/mol. The molecule has 0 saturated carbocycles. The van der Waals surface area contributed by atoms with E-state index < -0.39 is 4.92 Å². The van der Waals surface area contributed by atoms with Gasteiger partial charge in [-0.3, -0.25) is 10.1 Å². The molecule has 0 radical (unpaired) electrons. The molecule has 1 aliphatic heterocycles. The Morgan fingerprint density at radius 1 is 1.53 bits per heavy atom. The molecule has 2 heterocycles. The summed E-state index contributed by atoms with van der Waals surface area (Å²) in [5.74, 6) is 0.863. The van der Waals surface area contributed by atoms with E-state index in [2.05, 4.69) is 16.8 Å². The standard InChI is InChI=1S/C12H17N3O2/c1-2-10-5-3-4-8-14(10)12-7-6-11(9-13-12)15(16)17/h6-7,9-10H,2-5,8H2,1H3. The van der Waals surface area contributed by atoms with Crippen molar-refractivity contribution in [1.29, 1.82) is 0 Å². The van der Waals surface area contributed by atoms with E-state index >= 15 is 0 Å². The zero-order valence-electron chi connectivity index (χ0n) is 10.0. The van der Waals surface area contributed by atoms with Gasteiger partial charge < -0.3 is 4.90 Å². The molecule has 92 valence electrons. The fourth-order valence-corrected chi connectivity index (χ4v) is 2.38. The molecule has 1 unspecified atom stereocenters. The van der Waals surface area contributed by atoms with Crippen molar-refractivity contribution in [2.45, 2.75) is 38.6 Å². The van der Waals surface area contributed by atoms with Crippen LogP contribution in [0.15, 0.2) is 18.3 Å². The molecule has 0 bridgehead atoms. The predicted octanol–water partition coefficient (Wildman–Crippen LogP) is 2.76. The van der Waals surface area contributed by atoms with Crippen LogP contribution in [0.25, 0.3) is 0 Å². The molecule has 0 N–H and O–H groups in total. The van der Waals surface area contributed by atoms with Crippen LogP contribution in [0.5, 0.6) is 0 Å². The van der Waals surface area contributed by atoms with E-state index in [1.807, 2.05) is 0 Å². The van der Waals surface area contributed by atoms with E-state index in [0.717, 1.165) is 18.8 Å². The average molecular weight is 235 g/mol. The Bertz CT molecular complexity index is 391. The maximum Gasteiger partial charge on any atom is 0.287 e. The molecule has 5 heteroatoms. The van der Waals surface area contributed by atoms with Gasteiger partial charge in [0, 0.05) is 18.7 Å². The first kappa shape index (κ1) is 11.8. The van der Waals surface area contributed by atoms with Gasteiger partial charge in [0.1, 0.15) is 12.0 Å². The quantitative estimate of drug-likeness (QED) is 0.597. The largest absolute Gasteiger partial charge is 0.354 e. The molecule has 0 aromatic carbocycles. The van der Waals surface area contributed by atoms with Gasteiger partial charge in [-0.15, -0.1) is 0 Å². The zero-order valence-corrected chi connectivity index (χ0v) is 10.0. The second-order valence-corrected chi connectivity index (χ2v) is 4.38. The smallest absolute Gasteiger partial charge is 0.287 e. The van der Waals surface area contributed by atoms with Crippen LogP contribution in [0, 0.1) is 10.1 Å². The number of rotatable bonds is 3. The minimum atomic E-state index is -0.412. The van der Waals surface area contributed by atoms with Gasteiger partial charge in [0.05, 0.1) is 4.92 Å².